The summed E-state index contributed by atoms with van der Waals surface area (Å²) in [7, 11) is 0. The summed E-state index contributed by atoms with van der Waals surface area (Å²) >= 11 is 0. The lowest BCUT2D eigenvalue weighted by atomic mass is 10.2. The first-order chi connectivity index (χ1) is 14.6. The van der Waals surface area contributed by atoms with Gasteiger partial charge in [-0.05, 0) is 36.2 Å². The van der Waals surface area contributed by atoms with Crippen LogP contribution in [0.3, 0.4) is 0 Å². The number of nitro groups is 1. The van der Waals surface area contributed by atoms with Crippen LogP contribution in [0.1, 0.15) is 18.4 Å². The largest absolute Gasteiger partial charge is 0.439 e. The average Bonchev–Trinajstić information content (AvgIpc) is 2.76. The molecule has 3 rings (SSSR count). The lowest BCUT2D eigenvalue weighted by Crippen LogP contribution is -2.23. The number of pyridine rings is 1. The molecule has 1 aromatic heterocycles. The zero-order chi connectivity index (χ0) is 21.2. The topological polar surface area (TPSA) is 106 Å². The second kappa shape index (κ2) is 10.6. The van der Waals surface area contributed by atoms with E-state index in [0.29, 0.717) is 43.2 Å². The Morgan fingerprint density at radius 1 is 1.07 bits per heavy atom. The number of carbonyl (C=O) groups excluding carboxylic acids is 1. The lowest BCUT2D eigenvalue weighted by Gasteiger charge is -2.09. The smallest absolute Gasteiger partial charge is 0.292 e. The Morgan fingerprint density at radius 2 is 1.83 bits per heavy atom. The molecular formula is C22H22N4O4. The van der Waals surface area contributed by atoms with Crippen molar-refractivity contribution in [2.75, 3.05) is 11.9 Å². The number of nitro benzene ring substituents is 1. The second-order valence-corrected chi connectivity index (χ2v) is 6.50. The number of nitrogens with one attached hydrogen (secondary N) is 2. The number of hydrogen-bond donors (Lipinski definition) is 2. The van der Waals surface area contributed by atoms with Crippen molar-refractivity contribution in [3.63, 3.8) is 0 Å². The van der Waals surface area contributed by atoms with Crippen molar-refractivity contribution in [2.45, 2.75) is 19.4 Å². The van der Waals surface area contributed by atoms with Gasteiger partial charge in [-0.15, -0.1) is 0 Å². The molecule has 0 unspecified atom stereocenters. The zero-order valence-corrected chi connectivity index (χ0v) is 16.3. The maximum atomic E-state index is 12.1. The predicted octanol–water partition coefficient (Wildman–Crippen LogP) is 4.29. The van der Waals surface area contributed by atoms with E-state index in [4.69, 9.17) is 4.74 Å². The van der Waals surface area contributed by atoms with E-state index >= 15 is 0 Å². The Bertz CT molecular complexity index is 995. The fourth-order valence-electron chi connectivity index (χ4n) is 2.77. The summed E-state index contributed by atoms with van der Waals surface area (Å²) in [5.74, 6) is 1.06. The zero-order valence-electron chi connectivity index (χ0n) is 16.3. The number of carbonyl (C=O) groups is 1. The molecule has 0 atom stereocenters. The van der Waals surface area contributed by atoms with Crippen LogP contribution in [0.4, 0.5) is 11.4 Å². The van der Waals surface area contributed by atoms with Gasteiger partial charge in [0.1, 0.15) is 11.4 Å². The van der Waals surface area contributed by atoms with E-state index in [1.165, 1.54) is 6.07 Å². The molecule has 0 aliphatic rings. The number of hydrogen-bond acceptors (Lipinski definition) is 6. The van der Waals surface area contributed by atoms with E-state index in [9.17, 15) is 14.9 Å². The first-order valence-corrected chi connectivity index (χ1v) is 9.53. The highest BCUT2D eigenvalue weighted by molar-refractivity contribution is 5.75. The number of anilines is 1. The summed E-state index contributed by atoms with van der Waals surface area (Å²) in [4.78, 5) is 26.8. The Labute approximate surface area is 174 Å². The van der Waals surface area contributed by atoms with Crippen LogP contribution in [0.15, 0.2) is 72.9 Å². The highest BCUT2D eigenvalue weighted by Crippen LogP contribution is 2.23. The molecule has 3 aromatic rings. The van der Waals surface area contributed by atoms with Crippen LogP contribution in [0.25, 0.3) is 0 Å². The monoisotopic (exact) mass is 406 g/mol. The highest BCUT2D eigenvalue weighted by Gasteiger charge is 2.11. The molecule has 154 valence electrons. The van der Waals surface area contributed by atoms with Gasteiger partial charge in [0.15, 0.2) is 0 Å². The summed E-state index contributed by atoms with van der Waals surface area (Å²) in [6.07, 6.45) is 2.50. The van der Waals surface area contributed by atoms with Crippen molar-refractivity contribution in [1.29, 1.82) is 0 Å². The summed E-state index contributed by atoms with van der Waals surface area (Å²) in [5.41, 5.74) is 1.35. The summed E-state index contributed by atoms with van der Waals surface area (Å²) in [5, 5.41) is 16.9. The standard InChI is InChI=1S/C22H22N4O4/c27-21(11-6-13-23-19-9-4-5-10-20(19)26(28)29)25-16-17-12-14-24-22(15-17)30-18-7-2-1-3-8-18/h1-5,7-10,12,14-15,23H,6,11,13,16H2,(H,25,27). The van der Waals surface area contributed by atoms with Crippen LogP contribution in [0.5, 0.6) is 11.6 Å². The van der Waals surface area contributed by atoms with E-state index in [2.05, 4.69) is 15.6 Å². The molecule has 0 bridgehead atoms. The van der Waals surface area contributed by atoms with Crippen molar-refractivity contribution in [3.05, 3.63) is 88.6 Å². The molecule has 0 radical (unpaired) electrons. The number of rotatable bonds is 10. The van der Waals surface area contributed by atoms with E-state index in [1.807, 2.05) is 36.4 Å². The molecule has 2 aromatic carbocycles. The molecule has 0 saturated carbocycles. The van der Waals surface area contributed by atoms with Gasteiger partial charge in [-0.2, -0.15) is 0 Å². The van der Waals surface area contributed by atoms with Gasteiger partial charge in [0, 0.05) is 37.8 Å². The molecule has 0 saturated heterocycles. The normalized spacial score (nSPS) is 10.3. The summed E-state index contributed by atoms with van der Waals surface area (Å²) in [6.45, 7) is 0.826. The molecule has 0 aliphatic carbocycles. The van der Waals surface area contributed by atoms with Gasteiger partial charge in [0.05, 0.1) is 4.92 Å². The molecule has 0 fully saturated rings. The number of nitrogens with zero attached hydrogens (tertiary/aromatic N) is 2. The molecule has 8 nitrogen and oxygen atoms in total. The van der Waals surface area contributed by atoms with Crippen molar-refractivity contribution in [2.24, 2.45) is 0 Å². The highest BCUT2D eigenvalue weighted by atomic mass is 16.6. The first kappa shape index (κ1) is 20.8. The van der Waals surface area contributed by atoms with Gasteiger partial charge in [0.25, 0.3) is 5.69 Å². The van der Waals surface area contributed by atoms with Gasteiger partial charge >= 0.3 is 0 Å². The van der Waals surface area contributed by atoms with Crippen LogP contribution < -0.4 is 15.4 Å². The summed E-state index contributed by atoms with van der Waals surface area (Å²) in [6, 6.07) is 19.4. The fraction of sp³-hybridized carbons (Fsp3) is 0.182. The second-order valence-electron chi connectivity index (χ2n) is 6.50. The van der Waals surface area contributed by atoms with Gasteiger partial charge < -0.3 is 15.4 Å². The Morgan fingerprint density at radius 3 is 2.63 bits per heavy atom. The third kappa shape index (κ3) is 6.30. The van der Waals surface area contributed by atoms with Crippen LogP contribution >= 0.6 is 0 Å². The van der Waals surface area contributed by atoms with E-state index in [0.717, 1.165) is 5.56 Å². The van der Waals surface area contributed by atoms with Crippen LogP contribution in [-0.4, -0.2) is 22.4 Å². The van der Waals surface area contributed by atoms with Gasteiger partial charge in [0.2, 0.25) is 11.8 Å². The van der Waals surface area contributed by atoms with Gasteiger partial charge in [-0.25, -0.2) is 4.98 Å². The molecule has 1 heterocycles. The number of aromatic nitrogens is 1. The number of para-hydroxylation sites is 3. The van der Waals surface area contributed by atoms with Crippen LogP contribution in [-0.2, 0) is 11.3 Å². The van der Waals surface area contributed by atoms with Gasteiger partial charge in [-0.3, -0.25) is 14.9 Å². The van der Waals surface area contributed by atoms with E-state index in [-0.39, 0.29) is 11.6 Å². The molecule has 1 amide bonds. The molecule has 8 heteroatoms. The Kier molecular flexibility index (Phi) is 7.32. The average molecular weight is 406 g/mol. The van der Waals surface area contributed by atoms with Crippen molar-refractivity contribution < 1.29 is 14.5 Å². The predicted molar refractivity (Wildman–Crippen MR) is 113 cm³/mol. The number of ether oxygens (including phenoxy) is 1. The lowest BCUT2D eigenvalue weighted by molar-refractivity contribution is -0.384. The van der Waals surface area contributed by atoms with Crippen molar-refractivity contribution in [1.82, 2.24) is 10.3 Å². The van der Waals surface area contributed by atoms with Crippen molar-refractivity contribution >= 4 is 17.3 Å². The minimum absolute atomic E-state index is 0.0214. The number of amides is 1. The maximum Gasteiger partial charge on any atom is 0.292 e. The maximum absolute atomic E-state index is 12.1. The number of benzene rings is 2. The third-order valence-corrected chi connectivity index (χ3v) is 4.25. The molecule has 0 aliphatic heterocycles. The van der Waals surface area contributed by atoms with E-state index < -0.39 is 4.92 Å². The molecule has 0 spiro atoms. The van der Waals surface area contributed by atoms with Crippen LogP contribution in [0.2, 0.25) is 0 Å². The third-order valence-electron chi connectivity index (χ3n) is 4.25. The first-order valence-electron chi connectivity index (χ1n) is 9.53. The minimum atomic E-state index is -0.431. The molecule has 2 N–H and O–H groups in total. The SMILES string of the molecule is O=C(CCCNc1ccccc1[N+](=O)[O-])NCc1ccnc(Oc2ccccc2)c1. The Balaban J connectivity index is 1.41. The molecule has 30 heavy (non-hydrogen) atoms. The van der Waals surface area contributed by atoms with Gasteiger partial charge in [-0.1, -0.05) is 30.3 Å². The fourth-order valence-corrected chi connectivity index (χ4v) is 2.77. The van der Waals surface area contributed by atoms with Crippen molar-refractivity contribution in [3.8, 4) is 11.6 Å². The van der Waals surface area contributed by atoms with E-state index in [1.54, 1.807) is 30.5 Å². The quantitative estimate of drug-likeness (QED) is 0.295. The molecular weight excluding hydrogens is 384 g/mol. The minimum Gasteiger partial charge on any atom is -0.439 e. The Hall–Kier alpha value is -3.94. The summed E-state index contributed by atoms with van der Waals surface area (Å²) < 4.78 is 5.69. The van der Waals surface area contributed by atoms with Crippen LogP contribution in [0, 0.1) is 10.1 Å².